The molecule has 41 heavy (non-hydrogen) atoms. The van der Waals surface area contributed by atoms with Crippen molar-refractivity contribution in [1.29, 1.82) is 0 Å². The van der Waals surface area contributed by atoms with Crippen molar-refractivity contribution < 1.29 is 28.5 Å². The number of hydrogen-bond acceptors (Lipinski definition) is 7. The first-order chi connectivity index (χ1) is 20.2. The summed E-state index contributed by atoms with van der Waals surface area (Å²) < 4.78 is 29.3. The number of rotatable bonds is 11. The fourth-order valence-electron chi connectivity index (χ4n) is 5.69. The monoisotopic (exact) mass is 558 g/mol. The van der Waals surface area contributed by atoms with Crippen molar-refractivity contribution in [3.8, 4) is 23.0 Å². The molecule has 1 amide bonds. The zero-order valence-electron chi connectivity index (χ0n) is 23.4. The van der Waals surface area contributed by atoms with E-state index in [1.54, 1.807) is 0 Å². The second-order valence-electron chi connectivity index (χ2n) is 11.0. The van der Waals surface area contributed by atoms with Crippen LogP contribution in [0.25, 0.3) is 0 Å². The van der Waals surface area contributed by atoms with Crippen LogP contribution in [0.3, 0.4) is 0 Å². The van der Waals surface area contributed by atoms with Crippen molar-refractivity contribution in [1.82, 2.24) is 9.80 Å². The molecule has 2 saturated heterocycles. The summed E-state index contributed by atoms with van der Waals surface area (Å²) in [6, 6.07) is 25.5. The third-order valence-electron chi connectivity index (χ3n) is 8.10. The maximum Gasteiger partial charge on any atom is 0.410 e. The molecular formula is C33H38N2O6. The van der Waals surface area contributed by atoms with E-state index < -0.39 is 0 Å². The van der Waals surface area contributed by atoms with Crippen LogP contribution in [0, 0.1) is 5.92 Å². The highest BCUT2D eigenvalue weighted by molar-refractivity contribution is 5.70. The largest absolute Gasteiger partial charge is 0.491 e. The number of para-hydroxylation sites is 2. The molecule has 0 saturated carbocycles. The van der Waals surface area contributed by atoms with Gasteiger partial charge in [0.2, 0.25) is 0 Å². The molecule has 216 valence electrons. The van der Waals surface area contributed by atoms with E-state index in [0.29, 0.717) is 38.9 Å². The molecular weight excluding hydrogens is 520 g/mol. The number of fused-ring (bicyclic) bond motifs is 1. The summed E-state index contributed by atoms with van der Waals surface area (Å²) in [6.45, 7) is 5.52. The number of nitrogens with zero attached hydrogens (tertiary/aromatic N) is 2. The molecule has 0 radical (unpaired) electrons. The first-order valence-electron chi connectivity index (χ1n) is 14.6. The lowest BCUT2D eigenvalue weighted by molar-refractivity contribution is 0.0464. The number of benzene rings is 3. The standard InChI is InChI=1S/C33H38N2O6/c36-33-35(19-16-25-14-17-34(18-15-25)20-30-24-39-31-8-4-5-9-32(31)41-30)27(23-40-33)22-38-29-12-10-28(11-13-29)37-21-26-6-2-1-3-7-26/h1-13,25,27,30H,14-24H2/t27-,30+/m1/s1. The van der Waals surface area contributed by atoms with Crippen LogP contribution in [0.2, 0.25) is 0 Å². The third-order valence-corrected chi connectivity index (χ3v) is 8.10. The predicted octanol–water partition coefficient (Wildman–Crippen LogP) is 5.41. The van der Waals surface area contributed by atoms with Crippen molar-refractivity contribution >= 4 is 6.09 Å². The summed E-state index contributed by atoms with van der Waals surface area (Å²) in [5.74, 6) is 3.79. The van der Waals surface area contributed by atoms with Gasteiger partial charge >= 0.3 is 6.09 Å². The SMILES string of the molecule is O=C1OC[C@@H](COc2ccc(OCc3ccccc3)cc2)N1CCC1CCN(C[C@H]2COc3ccccc3O2)CC1. The molecule has 0 aromatic heterocycles. The number of ether oxygens (including phenoxy) is 5. The predicted molar refractivity (Wildman–Crippen MR) is 155 cm³/mol. The number of piperidine rings is 1. The van der Waals surface area contributed by atoms with Gasteiger partial charge in [-0.1, -0.05) is 42.5 Å². The van der Waals surface area contributed by atoms with Crippen LogP contribution in [-0.2, 0) is 11.3 Å². The first kappa shape index (κ1) is 27.3. The molecule has 2 atom stereocenters. The first-order valence-corrected chi connectivity index (χ1v) is 14.6. The molecule has 8 heteroatoms. The van der Waals surface area contributed by atoms with Crippen LogP contribution in [0.15, 0.2) is 78.9 Å². The van der Waals surface area contributed by atoms with Crippen LogP contribution >= 0.6 is 0 Å². The normalized spacial score (nSPS) is 21.0. The summed E-state index contributed by atoms with van der Waals surface area (Å²) in [4.78, 5) is 16.8. The van der Waals surface area contributed by atoms with Crippen LogP contribution in [-0.4, -0.2) is 74.0 Å². The van der Waals surface area contributed by atoms with Crippen molar-refractivity contribution in [2.24, 2.45) is 5.92 Å². The van der Waals surface area contributed by atoms with Crippen LogP contribution in [0.5, 0.6) is 23.0 Å². The molecule has 3 aromatic carbocycles. The summed E-state index contributed by atoms with van der Waals surface area (Å²) in [5, 5.41) is 0. The second kappa shape index (κ2) is 13.2. The minimum Gasteiger partial charge on any atom is -0.491 e. The van der Waals surface area contributed by atoms with Gasteiger partial charge in [-0.05, 0) is 80.2 Å². The van der Waals surface area contributed by atoms with Gasteiger partial charge in [0.1, 0.15) is 50.1 Å². The molecule has 3 aromatic rings. The molecule has 0 bridgehead atoms. The average Bonchev–Trinajstić information content (AvgIpc) is 3.38. The topological polar surface area (TPSA) is 69.7 Å². The van der Waals surface area contributed by atoms with E-state index in [2.05, 4.69) is 4.90 Å². The lowest BCUT2D eigenvalue weighted by Gasteiger charge is -2.36. The van der Waals surface area contributed by atoms with Gasteiger partial charge < -0.3 is 23.7 Å². The third kappa shape index (κ3) is 7.24. The number of hydrogen-bond donors (Lipinski definition) is 0. The molecule has 0 spiro atoms. The molecule has 2 fully saturated rings. The number of cyclic esters (lactones) is 1. The van der Waals surface area contributed by atoms with Gasteiger partial charge in [0, 0.05) is 13.1 Å². The Morgan fingerprint density at radius 3 is 2.27 bits per heavy atom. The Kier molecular flexibility index (Phi) is 8.76. The van der Waals surface area contributed by atoms with E-state index in [4.69, 9.17) is 23.7 Å². The van der Waals surface area contributed by atoms with Crippen molar-refractivity contribution in [3.05, 3.63) is 84.4 Å². The minimum absolute atomic E-state index is 0.0552. The van der Waals surface area contributed by atoms with E-state index in [1.807, 2.05) is 83.8 Å². The van der Waals surface area contributed by atoms with Crippen LogP contribution in [0.1, 0.15) is 24.8 Å². The van der Waals surface area contributed by atoms with Gasteiger partial charge in [0.05, 0.1) is 0 Å². The maximum absolute atomic E-state index is 12.5. The lowest BCUT2D eigenvalue weighted by Crippen LogP contribution is -2.44. The molecule has 0 N–H and O–H groups in total. The molecule has 3 aliphatic heterocycles. The fourth-order valence-corrected chi connectivity index (χ4v) is 5.69. The van der Waals surface area contributed by atoms with Gasteiger partial charge in [-0.25, -0.2) is 4.79 Å². The summed E-state index contributed by atoms with van der Waals surface area (Å²) >= 11 is 0. The second-order valence-corrected chi connectivity index (χ2v) is 11.0. The van der Waals surface area contributed by atoms with Gasteiger partial charge in [0.25, 0.3) is 0 Å². The Bertz CT molecular complexity index is 1260. The average molecular weight is 559 g/mol. The number of amides is 1. The highest BCUT2D eigenvalue weighted by Gasteiger charge is 2.34. The van der Waals surface area contributed by atoms with Gasteiger partial charge in [-0.15, -0.1) is 0 Å². The van der Waals surface area contributed by atoms with Crippen LogP contribution in [0.4, 0.5) is 4.79 Å². The van der Waals surface area contributed by atoms with E-state index in [0.717, 1.165) is 67.5 Å². The van der Waals surface area contributed by atoms with E-state index >= 15 is 0 Å². The zero-order chi connectivity index (χ0) is 27.9. The maximum atomic E-state index is 12.5. The summed E-state index contributed by atoms with van der Waals surface area (Å²) in [7, 11) is 0. The molecule has 6 rings (SSSR count). The lowest BCUT2D eigenvalue weighted by atomic mass is 9.93. The molecule has 3 aliphatic rings. The van der Waals surface area contributed by atoms with Gasteiger partial charge in [-0.3, -0.25) is 9.80 Å². The zero-order valence-corrected chi connectivity index (χ0v) is 23.4. The number of carbonyl (C=O) groups excluding carboxylic acids is 1. The van der Waals surface area contributed by atoms with Crippen molar-refractivity contribution in [2.75, 3.05) is 46.0 Å². The quantitative estimate of drug-likeness (QED) is 0.312. The van der Waals surface area contributed by atoms with Crippen molar-refractivity contribution in [2.45, 2.75) is 38.0 Å². The van der Waals surface area contributed by atoms with E-state index in [-0.39, 0.29) is 18.2 Å². The molecule has 3 heterocycles. The fraction of sp³-hybridized carbons (Fsp3) is 0.424. The smallest absolute Gasteiger partial charge is 0.410 e. The molecule has 0 unspecified atom stereocenters. The molecule has 0 aliphatic carbocycles. The Balaban J connectivity index is 0.905. The van der Waals surface area contributed by atoms with Gasteiger partial charge in [0.15, 0.2) is 11.5 Å². The number of carbonyl (C=O) groups is 1. The Labute approximate surface area is 241 Å². The Morgan fingerprint density at radius 1 is 0.780 bits per heavy atom. The van der Waals surface area contributed by atoms with Gasteiger partial charge in [-0.2, -0.15) is 0 Å². The number of likely N-dealkylation sites (tertiary alicyclic amines) is 1. The van der Waals surface area contributed by atoms with E-state index in [1.165, 1.54) is 0 Å². The van der Waals surface area contributed by atoms with Crippen molar-refractivity contribution in [3.63, 3.8) is 0 Å². The van der Waals surface area contributed by atoms with Crippen LogP contribution < -0.4 is 18.9 Å². The molecule has 8 nitrogen and oxygen atoms in total. The Morgan fingerprint density at radius 2 is 1.49 bits per heavy atom. The minimum atomic E-state index is -0.240. The highest BCUT2D eigenvalue weighted by Crippen LogP contribution is 2.31. The Hall–Kier alpha value is -3.91. The highest BCUT2D eigenvalue weighted by atomic mass is 16.6. The summed E-state index contributed by atoms with van der Waals surface area (Å²) in [5.41, 5.74) is 1.13. The van der Waals surface area contributed by atoms with E-state index in [9.17, 15) is 4.79 Å². The summed E-state index contributed by atoms with van der Waals surface area (Å²) in [6.07, 6.45) is 3.03.